The third-order valence-corrected chi connectivity index (χ3v) is 5.99. The summed E-state index contributed by atoms with van der Waals surface area (Å²) >= 11 is 0. The maximum atomic E-state index is 13.3. The number of halogens is 1. The lowest BCUT2D eigenvalue weighted by Gasteiger charge is -2.34. The average molecular weight is 342 g/mol. The minimum Gasteiger partial charge on any atom is -0.381 e. The molecule has 0 saturated carbocycles. The lowest BCUT2D eigenvalue weighted by molar-refractivity contribution is 0.148. The van der Waals surface area contributed by atoms with Crippen LogP contribution in [0.2, 0.25) is 0 Å². The second-order valence-corrected chi connectivity index (χ2v) is 8.12. The van der Waals surface area contributed by atoms with Crippen LogP contribution in [0.4, 0.5) is 4.39 Å². The van der Waals surface area contributed by atoms with Crippen LogP contribution < -0.4 is 4.72 Å². The van der Waals surface area contributed by atoms with Crippen molar-refractivity contribution >= 4 is 10.0 Å². The molecule has 1 aromatic carbocycles. The van der Waals surface area contributed by atoms with Crippen LogP contribution in [0.15, 0.2) is 29.2 Å². The Kier molecular flexibility index (Phi) is 5.31. The van der Waals surface area contributed by atoms with Crippen molar-refractivity contribution in [3.8, 4) is 0 Å². The molecule has 23 heavy (non-hydrogen) atoms. The Bertz CT molecular complexity index is 632. The van der Waals surface area contributed by atoms with Crippen molar-refractivity contribution in [2.75, 3.05) is 32.8 Å². The molecule has 2 saturated heterocycles. The van der Waals surface area contributed by atoms with Gasteiger partial charge in [-0.15, -0.1) is 0 Å². The van der Waals surface area contributed by atoms with Gasteiger partial charge in [0.2, 0.25) is 10.0 Å². The summed E-state index contributed by atoms with van der Waals surface area (Å²) in [5.74, 6) is 0.00737. The fraction of sp³-hybridized carbons (Fsp3) is 0.625. The Hall–Kier alpha value is -1.02. The highest BCUT2D eigenvalue weighted by molar-refractivity contribution is 7.89. The molecule has 0 aromatic heterocycles. The minimum absolute atomic E-state index is 0.0150. The molecule has 2 heterocycles. The first kappa shape index (κ1) is 16.8. The van der Waals surface area contributed by atoms with Gasteiger partial charge in [-0.1, -0.05) is 6.07 Å². The summed E-state index contributed by atoms with van der Waals surface area (Å²) < 4.78 is 46.2. The maximum Gasteiger partial charge on any atom is 0.240 e. The lowest BCUT2D eigenvalue weighted by atomic mass is 10.0. The van der Waals surface area contributed by atoms with Crippen LogP contribution in [0.25, 0.3) is 0 Å². The fourth-order valence-electron chi connectivity index (χ4n) is 3.33. The molecular weight excluding hydrogens is 319 g/mol. The summed E-state index contributed by atoms with van der Waals surface area (Å²) in [5, 5.41) is 0. The predicted molar refractivity (Wildman–Crippen MR) is 85.1 cm³/mol. The molecule has 0 unspecified atom stereocenters. The van der Waals surface area contributed by atoms with E-state index in [4.69, 9.17) is 4.74 Å². The summed E-state index contributed by atoms with van der Waals surface area (Å²) in [6.45, 7) is 4.28. The van der Waals surface area contributed by atoms with Crippen LogP contribution in [0.1, 0.15) is 19.3 Å². The quantitative estimate of drug-likeness (QED) is 0.883. The molecule has 2 aliphatic rings. The van der Waals surface area contributed by atoms with Crippen molar-refractivity contribution in [3.05, 3.63) is 30.1 Å². The van der Waals surface area contributed by atoms with Crippen molar-refractivity contribution in [1.82, 2.24) is 9.62 Å². The molecular formula is C16H23FN2O3S. The van der Waals surface area contributed by atoms with Gasteiger partial charge in [-0.2, -0.15) is 0 Å². The Balaban J connectivity index is 1.60. The number of piperidine rings is 1. The van der Waals surface area contributed by atoms with E-state index in [1.54, 1.807) is 0 Å². The number of rotatable bonds is 5. The molecule has 5 nitrogen and oxygen atoms in total. The summed E-state index contributed by atoms with van der Waals surface area (Å²) in [6, 6.07) is 5.00. The van der Waals surface area contributed by atoms with Crippen molar-refractivity contribution in [1.29, 1.82) is 0 Å². The highest BCUT2D eigenvalue weighted by Crippen LogP contribution is 2.19. The summed E-state index contributed by atoms with van der Waals surface area (Å²) in [7, 11) is -3.67. The third kappa shape index (κ3) is 4.50. The Morgan fingerprint density at radius 3 is 2.96 bits per heavy atom. The number of nitrogens with one attached hydrogen (secondary N) is 1. The largest absolute Gasteiger partial charge is 0.381 e. The Labute approximate surface area is 136 Å². The zero-order valence-electron chi connectivity index (χ0n) is 13.1. The standard InChI is InChI=1S/C16H23FN2O3S/c17-14-3-1-5-16(9-14)23(20,21)18-15-4-2-7-19(11-15)10-13-6-8-22-12-13/h1,3,5,9,13,15,18H,2,4,6-8,10-12H2/t13-,15+/m1/s1. The van der Waals surface area contributed by atoms with Crippen LogP contribution in [0, 0.1) is 11.7 Å². The smallest absolute Gasteiger partial charge is 0.240 e. The van der Waals surface area contributed by atoms with E-state index in [9.17, 15) is 12.8 Å². The second-order valence-electron chi connectivity index (χ2n) is 6.41. The monoisotopic (exact) mass is 342 g/mol. The topological polar surface area (TPSA) is 58.6 Å². The lowest BCUT2D eigenvalue weighted by Crippen LogP contribution is -2.48. The number of sulfonamides is 1. The van der Waals surface area contributed by atoms with Crippen LogP contribution in [-0.4, -0.2) is 52.2 Å². The fourth-order valence-corrected chi connectivity index (χ4v) is 4.62. The highest BCUT2D eigenvalue weighted by atomic mass is 32.2. The van der Waals surface area contributed by atoms with Crippen molar-refractivity contribution in [2.45, 2.75) is 30.2 Å². The highest BCUT2D eigenvalue weighted by Gasteiger charge is 2.27. The van der Waals surface area contributed by atoms with E-state index in [0.29, 0.717) is 12.5 Å². The number of benzene rings is 1. The summed E-state index contributed by atoms with van der Waals surface area (Å²) in [6.07, 6.45) is 2.85. The Morgan fingerprint density at radius 2 is 2.22 bits per heavy atom. The van der Waals surface area contributed by atoms with Gasteiger partial charge in [0.25, 0.3) is 0 Å². The van der Waals surface area contributed by atoms with Gasteiger partial charge >= 0.3 is 0 Å². The first-order chi connectivity index (χ1) is 11.0. The molecule has 2 aliphatic heterocycles. The number of ether oxygens (including phenoxy) is 1. The molecule has 0 bridgehead atoms. The predicted octanol–water partition coefficient (Wildman–Crippen LogP) is 1.60. The first-order valence-electron chi connectivity index (χ1n) is 8.11. The molecule has 1 aromatic rings. The second kappa shape index (κ2) is 7.25. The van der Waals surface area contributed by atoms with Crippen LogP contribution >= 0.6 is 0 Å². The van der Waals surface area contributed by atoms with Gasteiger partial charge in [-0.3, -0.25) is 0 Å². The zero-order valence-corrected chi connectivity index (χ0v) is 13.9. The minimum atomic E-state index is -3.67. The number of nitrogens with zero attached hydrogens (tertiary/aromatic N) is 1. The first-order valence-corrected chi connectivity index (χ1v) is 9.59. The van der Waals surface area contributed by atoms with Gasteiger partial charge < -0.3 is 9.64 Å². The van der Waals surface area contributed by atoms with Crippen molar-refractivity contribution in [3.63, 3.8) is 0 Å². The van der Waals surface area contributed by atoms with E-state index in [0.717, 1.165) is 51.6 Å². The molecule has 2 fully saturated rings. The van der Waals surface area contributed by atoms with Gasteiger partial charge in [0.05, 0.1) is 11.5 Å². The van der Waals surface area contributed by atoms with E-state index in [2.05, 4.69) is 9.62 Å². The molecule has 2 atom stereocenters. The SMILES string of the molecule is O=S(=O)(N[C@H]1CCCN(C[C@H]2CCOC2)C1)c1cccc(F)c1. The molecule has 0 amide bonds. The molecule has 0 spiro atoms. The van der Waals surface area contributed by atoms with E-state index in [-0.39, 0.29) is 10.9 Å². The van der Waals surface area contributed by atoms with E-state index in [1.165, 1.54) is 18.2 Å². The number of likely N-dealkylation sites (tertiary alicyclic amines) is 1. The van der Waals surface area contributed by atoms with Crippen LogP contribution in [0.5, 0.6) is 0 Å². The molecule has 0 aliphatic carbocycles. The van der Waals surface area contributed by atoms with Gasteiger partial charge in [0, 0.05) is 25.7 Å². The van der Waals surface area contributed by atoms with E-state index >= 15 is 0 Å². The Morgan fingerprint density at radius 1 is 1.35 bits per heavy atom. The summed E-state index contributed by atoms with van der Waals surface area (Å²) in [4.78, 5) is 2.29. The average Bonchev–Trinajstić information content (AvgIpc) is 3.00. The number of hydrogen-bond donors (Lipinski definition) is 1. The number of hydrogen-bond acceptors (Lipinski definition) is 4. The van der Waals surface area contributed by atoms with Gasteiger partial charge in [0.15, 0.2) is 0 Å². The normalized spacial score (nSPS) is 26.5. The van der Waals surface area contributed by atoms with Crippen LogP contribution in [0.3, 0.4) is 0 Å². The maximum absolute atomic E-state index is 13.3. The zero-order chi connectivity index (χ0) is 16.3. The third-order valence-electron chi connectivity index (χ3n) is 4.47. The van der Waals surface area contributed by atoms with Crippen LogP contribution in [-0.2, 0) is 14.8 Å². The van der Waals surface area contributed by atoms with Crippen molar-refractivity contribution in [2.24, 2.45) is 5.92 Å². The molecule has 3 rings (SSSR count). The summed E-state index contributed by atoms with van der Waals surface area (Å²) in [5.41, 5.74) is 0. The van der Waals surface area contributed by atoms with Gasteiger partial charge in [-0.05, 0) is 49.9 Å². The van der Waals surface area contributed by atoms with E-state index in [1.807, 2.05) is 0 Å². The van der Waals surface area contributed by atoms with Gasteiger partial charge in [-0.25, -0.2) is 17.5 Å². The van der Waals surface area contributed by atoms with Gasteiger partial charge in [0.1, 0.15) is 5.82 Å². The van der Waals surface area contributed by atoms with E-state index < -0.39 is 15.8 Å². The van der Waals surface area contributed by atoms with Crippen molar-refractivity contribution < 1.29 is 17.5 Å². The molecule has 1 N–H and O–H groups in total. The molecule has 0 radical (unpaired) electrons. The molecule has 7 heteroatoms. The molecule has 128 valence electrons.